The quantitative estimate of drug-likeness (QED) is 0.747. The van der Waals surface area contributed by atoms with E-state index in [2.05, 4.69) is 20.2 Å². The second-order valence-corrected chi connectivity index (χ2v) is 7.17. The summed E-state index contributed by atoms with van der Waals surface area (Å²) in [7, 11) is 0. The molecule has 1 aliphatic heterocycles. The molecule has 0 radical (unpaired) electrons. The van der Waals surface area contributed by atoms with Crippen molar-refractivity contribution in [2.75, 3.05) is 23.3 Å². The van der Waals surface area contributed by atoms with E-state index < -0.39 is 0 Å². The number of nitrogens with one attached hydrogen (secondary N) is 1. The van der Waals surface area contributed by atoms with Crippen molar-refractivity contribution in [1.82, 2.24) is 19.9 Å². The Bertz CT molecular complexity index is 922. The largest absolute Gasteiger partial charge is 0.489 e. The Balaban J connectivity index is 1.34. The summed E-state index contributed by atoms with van der Waals surface area (Å²) < 4.78 is 6.06. The molecule has 7 heteroatoms. The molecule has 27 heavy (non-hydrogen) atoms. The number of hydrogen-bond acceptors (Lipinski definition) is 7. The summed E-state index contributed by atoms with van der Waals surface area (Å²) in [5.41, 5.74) is 1.72. The second kappa shape index (κ2) is 6.98. The van der Waals surface area contributed by atoms with Crippen LogP contribution in [0.5, 0.6) is 5.75 Å². The lowest BCUT2D eigenvalue weighted by Gasteiger charge is -2.33. The standard InChI is InChI=1S/C20H22N6O/c1-2-16(12-21-8-1)27-15-6-10-26(11-7-15)20-19(23-14-3-4-14)24-17-5-9-22-13-18(17)25-20/h1-2,5,8-9,12-15H,3-4,6-7,10-11H2,(H,23,24). The smallest absolute Gasteiger partial charge is 0.172 e. The maximum atomic E-state index is 6.06. The molecule has 5 rings (SSSR count). The summed E-state index contributed by atoms with van der Waals surface area (Å²) in [4.78, 5) is 20.3. The predicted molar refractivity (Wildman–Crippen MR) is 104 cm³/mol. The van der Waals surface area contributed by atoms with Crippen molar-refractivity contribution in [3.63, 3.8) is 0 Å². The Kier molecular flexibility index (Phi) is 4.20. The van der Waals surface area contributed by atoms with Gasteiger partial charge in [0.2, 0.25) is 0 Å². The van der Waals surface area contributed by atoms with Gasteiger partial charge in [-0.25, -0.2) is 9.97 Å². The van der Waals surface area contributed by atoms with Gasteiger partial charge in [0.15, 0.2) is 11.6 Å². The first-order chi connectivity index (χ1) is 13.3. The predicted octanol–water partition coefficient (Wildman–Crippen LogP) is 3.04. The van der Waals surface area contributed by atoms with Crippen LogP contribution in [-0.2, 0) is 0 Å². The number of anilines is 2. The summed E-state index contributed by atoms with van der Waals surface area (Å²) in [6.07, 6.45) is 11.6. The van der Waals surface area contributed by atoms with Crippen molar-refractivity contribution >= 4 is 22.7 Å². The molecular weight excluding hydrogens is 340 g/mol. The van der Waals surface area contributed by atoms with E-state index in [0.717, 1.165) is 54.3 Å². The van der Waals surface area contributed by atoms with Crippen molar-refractivity contribution in [2.24, 2.45) is 0 Å². The number of fused-ring (bicyclic) bond motifs is 1. The SMILES string of the molecule is c1cncc(OC2CCN(c3nc4cnccc4nc3NC3CC3)CC2)c1. The Hall–Kier alpha value is -2.96. The van der Waals surface area contributed by atoms with Gasteiger partial charge in [-0.3, -0.25) is 9.97 Å². The van der Waals surface area contributed by atoms with Crippen LogP contribution >= 0.6 is 0 Å². The molecule has 7 nitrogen and oxygen atoms in total. The first-order valence-electron chi connectivity index (χ1n) is 9.55. The van der Waals surface area contributed by atoms with E-state index in [1.54, 1.807) is 24.8 Å². The number of rotatable bonds is 5. The molecule has 0 bridgehead atoms. The summed E-state index contributed by atoms with van der Waals surface area (Å²) in [5, 5.41) is 3.55. The number of piperidine rings is 1. The van der Waals surface area contributed by atoms with E-state index in [-0.39, 0.29) is 6.10 Å². The number of hydrogen-bond donors (Lipinski definition) is 1. The fourth-order valence-corrected chi connectivity index (χ4v) is 3.43. The number of aromatic nitrogens is 4. The summed E-state index contributed by atoms with van der Waals surface area (Å²) >= 11 is 0. The highest BCUT2D eigenvalue weighted by Gasteiger charge is 2.27. The molecule has 138 valence electrons. The van der Waals surface area contributed by atoms with Gasteiger partial charge in [0.25, 0.3) is 0 Å². The van der Waals surface area contributed by atoms with Gasteiger partial charge in [0, 0.05) is 44.4 Å². The zero-order chi connectivity index (χ0) is 18.1. The zero-order valence-corrected chi connectivity index (χ0v) is 15.1. The third-order valence-corrected chi connectivity index (χ3v) is 5.04. The van der Waals surface area contributed by atoms with E-state index in [1.165, 1.54) is 12.8 Å². The molecule has 1 aliphatic carbocycles. The molecule has 3 aromatic heterocycles. The minimum absolute atomic E-state index is 0.209. The lowest BCUT2D eigenvalue weighted by atomic mass is 10.1. The molecule has 1 saturated carbocycles. The van der Waals surface area contributed by atoms with Gasteiger partial charge in [-0.15, -0.1) is 0 Å². The fourth-order valence-electron chi connectivity index (χ4n) is 3.43. The lowest BCUT2D eigenvalue weighted by Crippen LogP contribution is -2.39. The summed E-state index contributed by atoms with van der Waals surface area (Å²) in [5.74, 6) is 2.66. The van der Waals surface area contributed by atoms with Crippen molar-refractivity contribution in [2.45, 2.75) is 37.8 Å². The third-order valence-electron chi connectivity index (χ3n) is 5.04. The molecule has 0 unspecified atom stereocenters. The fraction of sp³-hybridized carbons (Fsp3) is 0.400. The van der Waals surface area contributed by atoms with Crippen LogP contribution < -0.4 is 15.0 Å². The Morgan fingerprint density at radius 3 is 2.56 bits per heavy atom. The first kappa shape index (κ1) is 16.2. The topological polar surface area (TPSA) is 76.1 Å². The van der Waals surface area contributed by atoms with Crippen LogP contribution in [0.2, 0.25) is 0 Å². The lowest BCUT2D eigenvalue weighted by molar-refractivity contribution is 0.170. The van der Waals surface area contributed by atoms with Crippen LogP contribution in [0.25, 0.3) is 11.0 Å². The molecule has 3 aromatic rings. The van der Waals surface area contributed by atoms with Crippen LogP contribution in [0.1, 0.15) is 25.7 Å². The highest BCUT2D eigenvalue weighted by Crippen LogP contribution is 2.32. The number of ether oxygens (including phenoxy) is 1. The van der Waals surface area contributed by atoms with Gasteiger partial charge in [0.05, 0.1) is 17.9 Å². The molecule has 4 heterocycles. The van der Waals surface area contributed by atoms with Crippen LogP contribution in [-0.4, -0.2) is 45.2 Å². The van der Waals surface area contributed by atoms with Gasteiger partial charge in [-0.1, -0.05) is 0 Å². The average molecular weight is 362 g/mol. The molecule has 0 atom stereocenters. The van der Waals surface area contributed by atoms with Crippen LogP contribution in [0.15, 0.2) is 43.0 Å². The highest BCUT2D eigenvalue weighted by atomic mass is 16.5. The number of pyridine rings is 2. The minimum atomic E-state index is 0.209. The highest BCUT2D eigenvalue weighted by molar-refractivity contribution is 5.80. The van der Waals surface area contributed by atoms with Crippen LogP contribution in [0, 0.1) is 0 Å². The first-order valence-corrected chi connectivity index (χ1v) is 9.55. The molecule has 0 amide bonds. The van der Waals surface area contributed by atoms with Crippen molar-refractivity contribution < 1.29 is 4.74 Å². The van der Waals surface area contributed by atoms with Gasteiger partial charge < -0.3 is 15.0 Å². The Morgan fingerprint density at radius 1 is 0.926 bits per heavy atom. The third kappa shape index (κ3) is 3.63. The molecule has 0 spiro atoms. The second-order valence-electron chi connectivity index (χ2n) is 7.17. The van der Waals surface area contributed by atoms with Crippen molar-refractivity contribution in [1.29, 1.82) is 0 Å². The normalized spacial score (nSPS) is 17.9. The van der Waals surface area contributed by atoms with Crippen LogP contribution in [0.4, 0.5) is 11.6 Å². The van der Waals surface area contributed by atoms with Crippen molar-refractivity contribution in [3.8, 4) is 5.75 Å². The molecular formula is C20H22N6O. The van der Waals surface area contributed by atoms with E-state index in [9.17, 15) is 0 Å². The molecule has 2 fully saturated rings. The van der Waals surface area contributed by atoms with E-state index in [1.807, 2.05) is 18.2 Å². The van der Waals surface area contributed by atoms with Gasteiger partial charge in [-0.2, -0.15) is 0 Å². The van der Waals surface area contributed by atoms with Crippen molar-refractivity contribution in [3.05, 3.63) is 43.0 Å². The monoisotopic (exact) mass is 362 g/mol. The summed E-state index contributed by atoms with van der Waals surface area (Å²) in [6, 6.07) is 6.31. The Labute approximate surface area is 157 Å². The average Bonchev–Trinajstić information content (AvgIpc) is 3.53. The maximum absolute atomic E-state index is 6.06. The van der Waals surface area contributed by atoms with Gasteiger partial charge in [0.1, 0.15) is 17.4 Å². The van der Waals surface area contributed by atoms with Gasteiger partial charge >= 0.3 is 0 Å². The summed E-state index contributed by atoms with van der Waals surface area (Å²) in [6.45, 7) is 1.79. The maximum Gasteiger partial charge on any atom is 0.172 e. The molecule has 1 N–H and O–H groups in total. The van der Waals surface area contributed by atoms with E-state index >= 15 is 0 Å². The molecule has 1 saturated heterocycles. The minimum Gasteiger partial charge on any atom is -0.489 e. The zero-order valence-electron chi connectivity index (χ0n) is 15.1. The Morgan fingerprint density at radius 2 is 1.78 bits per heavy atom. The molecule has 0 aromatic carbocycles. The van der Waals surface area contributed by atoms with E-state index in [0.29, 0.717) is 6.04 Å². The van der Waals surface area contributed by atoms with Gasteiger partial charge in [-0.05, 0) is 31.0 Å². The number of nitrogens with zero attached hydrogens (tertiary/aromatic N) is 5. The van der Waals surface area contributed by atoms with Crippen LogP contribution in [0.3, 0.4) is 0 Å². The van der Waals surface area contributed by atoms with E-state index in [4.69, 9.17) is 14.7 Å². The molecule has 2 aliphatic rings.